The molecule has 0 aliphatic heterocycles. The van der Waals surface area contributed by atoms with E-state index in [2.05, 4.69) is 55.7 Å². The van der Waals surface area contributed by atoms with E-state index in [4.69, 9.17) is 5.84 Å². The molecule has 0 aromatic heterocycles. The topological polar surface area (TPSA) is 38.0 Å². The average Bonchev–Trinajstić information content (AvgIpc) is 2.46. The molecule has 1 saturated carbocycles. The number of hydrazine groups is 1. The van der Waals surface area contributed by atoms with Crippen molar-refractivity contribution in [3.63, 3.8) is 0 Å². The van der Waals surface area contributed by atoms with Gasteiger partial charge in [-0.1, -0.05) is 61.2 Å². The van der Waals surface area contributed by atoms with Gasteiger partial charge in [-0.25, -0.2) is 0 Å². The van der Waals surface area contributed by atoms with Gasteiger partial charge in [0.15, 0.2) is 0 Å². The monoisotopic (exact) mass is 258 g/mol. The maximum Gasteiger partial charge on any atom is 0.0489 e. The number of allylic oxidation sites excluding steroid dienone is 1. The van der Waals surface area contributed by atoms with Gasteiger partial charge in [0.05, 0.1) is 0 Å². The molecule has 0 bridgehead atoms. The Labute approximate surface area is 117 Å². The molecule has 1 atom stereocenters. The summed E-state index contributed by atoms with van der Waals surface area (Å²) in [6.07, 6.45) is 8.66. The van der Waals surface area contributed by atoms with Crippen LogP contribution in [0.15, 0.2) is 42.0 Å². The Kier molecular flexibility index (Phi) is 4.78. The molecule has 0 amide bonds. The highest BCUT2D eigenvalue weighted by atomic mass is 15.2. The van der Waals surface area contributed by atoms with E-state index in [0.717, 1.165) is 0 Å². The quantitative estimate of drug-likeness (QED) is 0.491. The number of benzene rings is 1. The largest absolute Gasteiger partial charge is 0.271 e. The summed E-state index contributed by atoms with van der Waals surface area (Å²) in [7, 11) is 0. The van der Waals surface area contributed by atoms with Gasteiger partial charge in [-0.2, -0.15) is 0 Å². The van der Waals surface area contributed by atoms with Crippen LogP contribution in [0.4, 0.5) is 0 Å². The summed E-state index contributed by atoms with van der Waals surface area (Å²) in [5, 5.41) is 0. The van der Waals surface area contributed by atoms with E-state index in [1.165, 1.54) is 43.2 Å². The summed E-state index contributed by atoms with van der Waals surface area (Å²) in [5.74, 6) is 5.88. The van der Waals surface area contributed by atoms with Crippen LogP contribution in [-0.4, -0.2) is 6.04 Å². The number of nitrogens with one attached hydrogen (secondary N) is 1. The summed E-state index contributed by atoms with van der Waals surface area (Å²) < 4.78 is 0. The maximum absolute atomic E-state index is 5.88. The zero-order chi connectivity index (χ0) is 13.7. The molecule has 104 valence electrons. The fraction of sp³-hybridized carbons (Fsp3) is 0.529. The number of rotatable bonds is 4. The number of hydrogen-bond acceptors (Lipinski definition) is 2. The predicted molar refractivity (Wildman–Crippen MR) is 81.7 cm³/mol. The van der Waals surface area contributed by atoms with E-state index in [1.807, 2.05) is 0 Å². The first-order valence-corrected chi connectivity index (χ1v) is 7.36. The Bertz CT molecular complexity index is 412. The molecule has 0 saturated heterocycles. The van der Waals surface area contributed by atoms with Crippen molar-refractivity contribution < 1.29 is 0 Å². The second kappa shape index (κ2) is 6.36. The molecule has 1 unspecified atom stereocenters. The second-order valence-corrected chi connectivity index (χ2v) is 5.97. The van der Waals surface area contributed by atoms with Gasteiger partial charge in [0.1, 0.15) is 0 Å². The normalized spacial score (nSPS) is 19.7. The van der Waals surface area contributed by atoms with Crippen LogP contribution in [0.5, 0.6) is 0 Å². The van der Waals surface area contributed by atoms with Crippen molar-refractivity contribution in [2.24, 2.45) is 5.84 Å². The highest BCUT2D eigenvalue weighted by Crippen LogP contribution is 2.42. The van der Waals surface area contributed by atoms with Crippen molar-refractivity contribution in [3.8, 4) is 0 Å². The van der Waals surface area contributed by atoms with Crippen LogP contribution in [0.1, 0.15) is 51.5 Å². The molecule has 19 heavy (non-hydrogen) atoms. The molecule has 2 nitrogen and oxygen atoms in total. The van der Waals surface area contributed by atoms with Crippen LogP contribution in [0.2, 0.25) is 0 Å². The van der Waals surface area contributed by atoms with Crippen molar-refractivity contribution in [1.29, 1.82) is 0 Å². The number of hydrogen-bond donors (Lipinski definition) is 2. The van der Waals surface area contributed by atoms with E-state index in [-0.39, 0.29) is 11.5 Å². The Balaban J connectivity index is 2.42. The molecule has 3 N–H and O–H groups in total. The van der Waals surface area contributed by atoms with Gasteiger partial charge >= 0.3 is 0 Å². The minimum absolute atomic E-state index is 0.158. The highest BCUT2D eigenvalue weighted by molar-refractivity contribution is 5.31. The molecule has 1 fully saturated rings. The molecule has 0 heterocycles. The lowest BCUT2D eigenvalue weighted by molar-refractivity contribution is 0.241. The SMILES string of the molecule is CC(C)=CC(NN)C1(c2ccccc2)CCCCC1. The van der Waals surface area contributed by atoms with Crippen molar-refractivity contribution >= 4 is 0 Å². The zero-order valence-corrected chi connectivity index (χ0v) is 12.2. The first-order valence-electron chi connectivity index (χ1n) is 7.36. The Morgan fingerprint density at radius 2 is 1.79 bits per heavy atom. The Morgan fingerprint density at radius 3 is 2.32 bits per heavy atom. The third kappa shape index (κ3) is 3.07. The lowest BCUT2D eigenvalue weighted by Crippen LogP contribution is -2.51. The van der Waals surface area contributed by atoms with Gasteiger partial charge < -0.3 is 0 Å². The third-order valence-corrected chi connectivity index (χ3v) is 4.37. The van der Waals surface area contributed by atoms with Crippen LogP contribution >= 0.6 is 0 Å². The predicted octanol–water partition coefficient (Wildman–Crippen LogP) is 3.69. The molecule has 1 aliphatic carbocycles. The smallest absolute Gasteiger partial charge is 0.0489 e. The fourth-order valence-electron chi connectivity index (χ4n) is 3.43. The molecule has 1 aromatic carbocycles. The van der Waals surface area contributed by atoms with Gasteiger partial charge in [-0.15, -0.1) is 0 Å². The summed E-state index contributed by atoms with van der Waals surface area (Å²) in [6.45, 7) is 4.29. The van der Waals surface area contributed by atoms with E-state index in [1.54, 1.807) is 0 Å². The van der Waals surface area contributed by atoms with Gasteiger partial charge in [-0.05, 0) is 32.3 Å². The van der Waals surface area contributed by atoms with Gasteiger partial charge in [0.2, 0.25) is 0 Å². The standard InChI is InChI=1S/C17H26N2/c1-14(2)13-16(19-18)17(11-7-4-8-12-17)15-9-5-3-6-10-15/h3,5-6,9-10,13,16,19H,4,7-8,11-12,18H2,1-2H3. The first-order chi connectivity index (χ1) is 9.19. The molecule has 2 rings (SSSR count). The minimum Gasteiger partial charge on any atom is -0.271 e. The summed E-state index contributed by atoms with van der Waals surface area (Å²) >= 11 is 0. The molecule has 0 spiro atoms. The molecule has 0 radical (unpaired) electrons. The van der Waals surface area contributed by atoms with Gasteiger partial charge in [-0.3, -0.25) is 11.3 Å². The van der Waals surface area contributed by atoms with E-state index in [0.29, 0.717) is 0 Å². The molecule has 2 heteroatoms. The maximum atomic E-state index is 5.88. The van der Waals surface area contributed by atoms with E-state index in [9.17, 15) is 0 Å². The van der Waals surface area contributed by atoms with Crippen molar-refractivity contribution in [2.75, 3.05) is 0 Å². The van der Waals surface area contributed by atoms with Gasteiger partial charge in [0.25, 0.3) is 0 Å². The van der Waals surface area contributed by atoms with Crippen LogP contribution in [-0.2, 0) is 5.41 Å². The fourth-order valence-corrected chi connectivity index (χ4v) is 3.43. The average molecular weight is 258 g/mol. The zero-order valence-electron chi connectivity index (χ0n) is 12.2. The Hall–Kier alpha value is -1.12. The van der Waals surface area contributed by atoms with Crippen molar-refractivity contribution in [1.82, 2.24) is 5.43 Å². The summed E-state index contributed by atoms with van der Waals surface area (Å²) in [6, 6.07) is 11.1. The van der Waals surface area contributed by atoms with Crippen LogP contribution in [0, 0.1) is 0 Å². The minimum atomic E-state index is 0.158. The van der Waals surface area contributed by atoms with Crippen molar-refractivity contribution in [2.45, 2.75) is 57.4 Å². The van der Waals surface area contributed by atoms with Crippen LogP contribution < -0.4 is 11.3 Å². The van der Waals surface area contributed by atoms with Crippen molar-refractivity contribution in [3.05, 3.63) is 47.5 Å². The summed E-state index contributed by atoms with van der Waals surface area (Å²) in [5.41, 5.74) is 5.97. The third-order valence-electron chi connectivity index (χ3n) is 4.37. The molecule has 1 aliphatic rings. The second-order valence-electron chi connectivity index (χ2n) is 5.97. The molecular formula is C17H26N2. The highest BCUT2D eigenvalue weighted by Gasteiger charge is 2.39. The first kappa shape index (κ1) is 14.3. The molecular weight excluding hydrogens is 232 g/mol. The number of nitrogens with two attached hydrogens (primary N) is 1. The van der Waals surface area contributed by atoms with E-state index >= 15 is 0 Å². The van der Waals surface area contributed by atoms with E-state index < -0.39 is 0 Å². The Morgan fingerprint density at radius 1 is 1.16 bits per heavy atom. The van der Waals surface area contributed by atoms with Crippen LogP contribution in [0.3, 0.4) is 0 Å². The molecule has 1 aromatic rings. The lowest BCUT2D eigenvalue weighted by Gasteiger charge is -2.43. The lowest BCUT2D eigenvalue weighted by atomic mass is 9.64. The summed E-state index contributed by atoms with van der Waals surface area (Å²) in [4.78, 5) is 0. The van der Waals surface area contributed by atoms with Gasteiger partial charge in [0, 0.05) is 11.5 Å². The van der Waals surface area contributed by atoms with Crippen LogP contribution in [0.25, 0.3) is 0 Å².